The molecule has 3 heteroatoms. The van der Waals surface area contributed by atoms with E-state index in [9.17, 15) is 0 Å². The van der Waals surface area contributed by atoms with Crippen molar-refractivity contribution in [3.63, 3.8) is 0 Å². The summed E-state index contributed by atoms with van der Waals surface area (Å²) in [7, 11) is 0. The van der Waals surface area contributed by atoms with Crippen LogP contribution >= 0.6 is 15.9 Å². The molecule has 2 N–H and O–H groups in total. The van der Waals surface area contributed by atoms with Crippen LogP contribution in [0.5, 0.6) is 0 Å². The molecule has 1 aromatic rings. The number of nitrogens with two attached hydrogens (primary N) is 1. The molecule has 0 aliphatic carbocycles. The Morgan fingerprint density at radius 2 is 2.27 bits per heavy atom. The molecule has 0 radical (unpaired) electrons. The molecule has 0 spiro atoms. The topological polar surface area (TPSA) is 35.2 Å². The van der Waals surface area contributed by atoms with Crippen LogP contribution in [0.1, 0.15) is 5.56 Å². The molecular formula is C8H10BrNO. The molecule has 11 heavy (non-hydrogen) atoms. The summed E-state index contributed by atoms with van der Waals surface area (Å²) in [6.07, 6.45) is 0.857. The average molecular weight is 216 g/mol. The maximum absolute atomic E-state index is 4.90. The van der Waals surface area contributed by atoms with Gasteiger partial charge in [0.2, 0.25) is 0 Å². The van der Waals surface area contributed by atoms with E-state index < -0.39 is 0 Å². The van der Waals surface area contributed by atoms with Crippen LogP contribution in [-0.4, -0.2) is 6.61 Å². The van der Waals surface area contributed by atoms with Gasteiger partial charge in [0.15, 0.2) is 0 Å². The first-order valence-corrected chi connectivity index (χ1v) is 4.18. The molecule has 0 amide bonds. The molecule has 0 aromatic heterocycles. The zero-order valence-corrected chi connectivity index (χ0v) is 7.67. The van der Waals surface area contributed by atoms with Gasteiger partial charge in [0, 0.05) is 4.47 Å². The lowest BCUT2D eigenvalue weighted by atomic mass is 10.2. The fourth-order valence-corrected chi connectivity index (χ4v) is 1.32. The van der Waals surface area contributed by atoms with Crippen LogP contribution in [0.3, 0.4) is 0 Å². The third-order valence-electron chi connectivity index (χ3n) is 1.40. The summed E-state index contributed by atoms with van der Waals surface area (Å²) in [5, 5.41) is 0. The molecule has 60 valence electrons. The summed E-state index contributed by atoms with van der Waals surface area (Å²) in [4.78, 5) is 4.47. The summed E-state index contributed by atoms with van der Waals surface area (Å²) in [5.41, 5.74) is 1.23. The van der Waals surface area contributed by atoms with Crippen molar-refractivity contribution < 1.29 is 4.84 Å². The third kappa shape index (κ3) is 3.01. The molecule has 0 saturated carbocycles. The van der Waals surface area contributed by atoms with Gasteiger partial charge in [0.1, 0.15) is 0 Å². The van der Waals surface area contributed by atoms with Crippen molar-refractivity contribution in [2.45, 2.75) is 6.42 Å². The van der Waals surface area contributed by atoms with Crippen LogP contribution in [0.2, 0.25) is 0 Å². The Labute approximate surface area is 74.4 Å². The number of rotatable bonds is 3. The summed E-state index contributed by atoms with van der Waals surface area (Å²) in [6.45, 7) is 0.566. The Kier molecular flexibility index (Phi) is 3.56. The first-order chi connectivity index (χ1) is 5.33. The molecule has 0 heterocycles. The van der Waals surface area contributed by atoms with Crippen molar-refractivity contribution in [1.82, 2.24) is 0 Å². The molecule has 0 unspecified atom stereocenters. The SMILES string of the molecule is NOCCc1cccc(Br)c1. The lowest BCUT2D eigenvalue weighted by molar-refractivity contribution is 0.141. The van der Waals surface area contributed by atoms with Crippen molar-refractivity contribution in [2.24, 2.45) is 5.90 Å². The first-order valence-electron chi connectivity index (χ1n) is 3.39. The third-order valence-corrected chi connectivity index (χ3v) is 1.89. The summed E-state index contributed by atoms with van der Waals surface area (Å²) in [5.74, 6) is 4.90. The smallest absolute Gasteiger partial charge is 0.0719 e. The molecule has 0 aliphatic rings. The average Bonchev–Trinajstić information content (AvgIpc) is 2.01. The predicted molar refractivity (Wildman–Crippen MR) is 48.0 cm³/mol. The van der Waals surface area contributed by atoms with E-state index in [1.807, 2.05) is 18.2 Å². The van der Waals surface area contributed by atoms with Gasteiger partial charge in [-0.15, -0.1) is 0 Å². The quantitative estimate of drug-likeness (QED) is 0.783. The van der Waals surface area contributed by atoms with Crippen molar-refractivity contribution >= 4 is 15.9 Å². The van der Waals surface area contributed by atoms with Crippen LogP contribution in [0.25, 0.3) is 0 Å². The molecule has 2 nitrogen and oxygen atoms in total. The molecule has 0 atom stereocenters. The van der Waals surface area contributed by atoms with Crippen LogP contribution in [-0.2, 0) is 11.3 Å². The normalized spacial score (nSPS) is 10.0. The van der Waals surface area contributed by atoms with Gasteiger partial charge in [-0.2, -0.15) is 0 Å². The number of benzene rings is 1. The minimum absolute atomic E-state index is 0.566. The molecule has 0 fully saturated rings. The Morgan fingerprint density at radius 1 is 1.45 bits per heavy atom. The Bertz CT molecular complexity index is 227. The predicted octanol–water partition coefficient (Wildman–Crippen LogP) is 1.88. The summed E-state index contributed by atoms with van der Waals surface area (Å²) < 4.78 is 1.09. The van der Waals surface area contributed by atoms with Crippen molar-refractivity contribution in [1.29, 1.82) is 0 Å². The van der Waals surface area contributed by atoms with Gasteiger partial charge in [-0.05, 0) is 24.1 Å². The van der Waals surface area contributed by atoms with E-state index >= 15 is 0 Å². The molecule has 0 bridgehead atoms. The van der Waals surface area contributed by atoms with E-state index in [-0.39, 0.29) is 0 Å². The van der Waals surface area contributed by atoms with Crippen LogP contribution in [0.4, 0.5) is 0 Å². The van der Waals surface area contributed by atoms with Gasteiger partial charge in [0.05, 0.1) is 6.61 Å². The Morgan fingerprint density at radius 3 is 2.91 bits per heavy atom. The zero-order chi connectivity index (χ0) is 8.10. The maximum atomic E-state index is 4.90. The highest BCUT2D eigenvalue weighted by Gasteiger charge is 1.92. The van der Waals surface area contributed by atoms with E-state index in [1.165, 1.54) is 5.56 Å². The lowest BCUT2D eigenvalue weighted by Gasteiger charge is -1.99. The monoisotopic (exact) mass is 215 g/mol. The standard InChI is InChI=1S/C8H10BrNO/c9-8-3-1-2-7(6-8)4-5-11-10/h1-3,6H,4-5,10H2. The maximum Gasteiger partial charge on any atom is 0.0719 e. The molecular weight excluding hydrogens is 206 g/mol. The molecule has 0 aliphatic heterocycles. The lowest BCUT2D eigenvalue weighted by Crippen LogP contribution is -2.03. The van der Waals surface area contributed by atoms with Gasteiger partial charge >= 0.3 is 0 Å². The second-order valence-electron chi connectivity index (χ2n) is 2.25. The molecule has 0 saturated heterocycles. The summed E-state index contributed by atoms with van der Waals surface area (Å²) in [6, 6.07) is 8.09. The minimum Gasteiger partial charge on any atom is -0.304 e. The van der Waals surface area contributed by atoms with E-state index in [0.29, 0.717) is 6.61 Å². The first kappa shape index (κ1) is 8.71. The summed E-state index contributed by atoms with van der Waals surface area (Å²) >= 11 is 3.38. The van der Waals surface area contributed by atoms with Gasteiger partial charge in [-0.1, -0.05) is 28.1 Å². The van der Waals surface area contributed by atoms with Gasteiger partial charge in [-0.25, -0.2) is 5.90 Å². The number of hydrogen-bond donors (Lipinski definition) is 1. The van der Waals surface area contributed by atoms with Crippen LogP contribution in [0.15, 0.2) is 28.7 Å². The van der Waals surface area contributed by atoms with Crippen molar-refractivity contribution in [3.8, 4) is 0 Å². The second kappa shape index (κ2) is 4.49. The van der Waals surface area contributed by atoms with Gasteiger partial charge in [0.25, 0.3) is 0 Å². The number of hydrogen-bond acceptors (Lipinski definition) is 2. The van der Waals surface area contributed by atoms with Crippen LogP contribution < -0.4 is 5.90 Å². The minimum atomic E-state index is 0.566. The van der Waals surface area contributed by atoms with E-state index in [2.05, 4.69) is 26.8 Å². The molecule has 1 rings (SSSR count). The highest BCUT2D eigenvalue weighted by Crippen LogP contribution is 2.11. The zero-order valence-electron chi connectivity index (χ0n) is 6.09. The van der Waals surface area contributed by atoms with Crippen molar-refractivity contribution in [3.05, 3.63) is 34.3 Å². The van der Waals surface area contributed by atoms with E-state index in [0.717, 1.165) is 10.9 Å². The van der Waals surface area contributed by atoms with E-state index in [1.54, 1.807) is 0 Å². The van der Waals surface area contributed by atoms with Crippen molar-refractivity contribution in [2.75, 3.05) is 6.61 Å². The van der Waals surface area contributed by atoms with Crippen LogP contribution in [0, 0.1) is 0 Å². The Hall–Kier alpha value is -0.380. The second-order valence-corrected chi connectivity index (χ2v) is 3.17. The van der Waals surface area contributed by atoms with E-state index in [4.69, 9.17) is 5.90 Å². The largest absolute Gasteiger partial charge is 0.304 e. The highest BCUT2D eigenvalue weighted by molar-refractivity contribution is 9.10. The van der Waals surface area contributed by atoms with Gasteiger partial charge in [-0.3, -0.25) is 0 Å². The fourth-order valence-electron chi connectivity index (χ4n) is 0.869. The molecule has 1 aromatic carbocycles. The fraction of sp³-hybridized carbons (Fsp3) is 0.250. The van der Waals surface area contributed by atoms with Gasteiger partial charge < -0.3 is 4.84 Å². The Balaban J connectivity index is 2.56. The highest BCUT2D eigenvalue weighted by atomic mass is 79.9. The number of halogens is 1.